The molecule has 1 N–H and O–H groups in total. The van der Waals surface area contributed by atoms with Gasteiger partial charge in [0.25, 0.3) is 5.91 Å². The van der Waals surface area contributed by atoms with E-state index >= 15 is 0 Å². The van der Waals surface area contributed by atoms with Gasteiger partial charge in [0.05, 0.1) is 4.91 Å². The first kappa shape index (κ1) is 21.9. The number of thiocarbonyl (C=S) groups is 1. The fraction of sp³-hybridized carbons (Fsp3) is 0.440. The van der Waals surface area contributed by atoms with Crippen LogP contribution in [0.4, 0.5) is 4.39 Å². The first-order valence-electron chi connectivity index (χ1n) is 11.3. The summed E-state index contributed by atoms with van der Waals surface area (Å²) in [6.07, 6.45) is 8.80. The minimum absolute atomic E-state index is 0.0152. The molecule has 1 aliphatic heterocycles. The normalized spacial score (nSPS) is 26.1. The Hall–Kier alpha value is -1.96. The number of carbonyl (C=O) groups is 1. The van der Waals surface area contributed by atoms with Crippen LogP contribution in [-0.4, -0.2) is 32.9 Å². The van der Waals surface area contributed by atoms with E-state index in [4.69, 9.17) is 21.7 Å². The molecule has 2 aliphatic carbocycles. The van der Waals surface area contributed by atoms with Gasteiger partial charge in [-0.3, -0.25) is 9.69 Å². The molecule has 0 spiro atoms. The molecule has 1 aromatic carbocycles. The molecule has 2 bridgehead atoms. The minimum atomic E-state index is -0.298. The molecule has 7 heteroatoms. The number of aliphatic hydroxyl groups is 1. The van der Waals surface area contributed by atoms with E-state index in [2.05, 4.69) is 0 Å². The van der Waals surface area contributed by atoms with E-state index in [0.717, 1.165) is 36.3 Å². The summed E-state index contributed by atoms with van der Waals surface area (Å²) in [4.78, 5) is 15.8. The van der Waals surface area contributed by atoms with E-state index in [1.54, 1.807) is 12.1 Å². The highest BCUT2D eigenvalue weighted by molar-refractivity contribution is 8.26. The van der Waals surface area contributed by atoms with E-state index in [-0.39, 0.29) is 24.4 Å². The second kappa shape index (κ2) is 9.12. The second-order valence-corrected chi connectivity index (χ2v) is 10.7. The molecule has 1 amide bonds. The van der Waals surface area contributed by atoms with Gasteiger partial charge in [-0.05, 0) is 86.3 Å². The van der Waals surface area contributed by atoms with Crippen molar-refractivity contribution in [3.05, 3.63) is 52.4 Å². The van der Waals surface area contributed by atoms with Gasteiger partial charge in [-0.25, -0.2) is 4.39 Å². The maximum Gasteiger partial charge on any atom is 0.266 e. The standard InChI is InChI=1S/C25H26FNO3S2/c26-19-8-6-16(7-9-19)21-13-18(3-1-2-10-28)22(30-21)14-23-24(29)27(25(31)32-23)20-12-15-4-5-17(20)11-15/h6-9,13-15,17,20,28H,1-5,10-12H2. The summed E-state index contributed by atoms with van der Waals surface area (Å²) in [6.45, 7) is 0.139. The fourth-order valence-corrected chi connectivity index (χ4v) is 6.70. The summed E-state index contributed by atoms with van der Waals surface area (Å²) in [6, 6.07) is 8.37. The van der Waals surface area contributed by atoms with E-state index < -0.39 is 0 Å². The molecular weight excluding hydrogens is 445 g/mol. The summed E-state index contributed by atoms with van der Waals surface area (Å²) >= 11 is 6.96. The lowest BCUT2D eigenvalue weighted by Gasteiger charge is -2.30. The first-order valence-corrected chi connectivity index (χ1v) is 12.5. The van der Waals surface area contributed by atoms with Gasteiger partial charge in [0.15, 0.2) is 0 Å². The van der Waals surface area contributed by atoms with E-state index in [9.17, 15) is 9.18 Å². The number of carbonyl (C=O) groups excluding carboxylic acids is 1. The van der Waals surface area contributed by atoms with Crippen molar-refractivity contribution >= 4 is 40.3 Å². The zero-order valence-electron chi connectivity index (χ0n) is 17.8. The lowest BCUT2D eigenvalue weighted by atomic mass is 9.94. The average Bonchev–Trinajstić information content (AvgIpc) is 3.54. The Labute approximate surface area is 196 Å². The van der Waals surface area contributed by atoms with Crippen molar-refractivity contribution in [2.75, 3.05) is 6.61 Å². The lowest BCUT2D eigenvalue weighted by molar-refractivity contribution is -0.124. The number of hydrogen-bond acceptors (Lipinski definition) is 5. The third kappa shape index (κ3) is 4.18. The highest BCUT2D eigenvalue weighted by Gasteiger charge is 2.48. The number of unbranched alkanes of at least 4 members (excludes halogenated alkanes) is 1. The molecule has 1 aromatic heterocycles. The van der Waals surface area contributed by atoms with Gasteiger partial charge in [0.2, 0.25) is 0 Å². The van der Waals surface area contributed by atoms with Crippen LogP contribution in [0.5, 0.6) is 0 Å². The number of thioether (sulfide) groups is 1. The molecule has 4 nitrogen and oxygen atoms in total. The minimum Gasteiger partial charge on any atom is -0.456 e. The number of fused-ring (bicyclic) bond motifs is 2. The van der Waals surface area contributed by atoms with Gasteiger partial charge < -0.3 is 9.52 Å². The number of furan rings is 1. The predicted octanol–water partition coefficient (Wildman–Crippen LogP) is 5.79. The van der Waals surface area contributed by atoms with Crippen molar-refractivity contribution in [1.82, 2.24) is 4.90 Å². The Balaban J connectivity index is 1.43. The summed E-state index contributed by atoms with van der Waals surface area (Å²) < 4.78 is 20.1. The van der Waals surface area contributed by atoms with Crippen molar-refractivity contribution in [1.29, 1.82) is 0 Å². The van der Waals surface area contributed by atoms with Crippen LogP contribution >= 0.6 is 24.0 Å². The van der Waals surface area contributed by atoms with Crippen LogP contribution in [0.2, 0.25) is 0 Å². The maximum absolute atomic E-state index is 13.3. The summed E-state index contributed by atoms with van der Waals surface area (Å²) in [5.74, 6) is 2.27. The molecule has 168 valence electrons. The Morgan fingerprint density at radius 1 is 1.22 bits per heavy atom. The van der Waals surface area contributed by atoms with Crippen molar-refractivity contribution in [2.24, 2.45) is 11.8 Å². The molecule has 2 heterocycles. The van der Waals surface area contributed by atoms with Crippen LogP contribution in [0.15, 0.2) is 39.7 Å². The summed E-state index contributed by atoms with van der Waals surface area (Å²) in [5, 5.41) is 9.16. The molecule has 2 aromatic rings. The number of rotatable bonds is 7. The summed E-state index contributed by atoms with van der Waals surface area (Å²) in [5.41, 5.74) is 1.76. The van der Waals surface area contributed by atoms with Crippen LogP contribution in [0.3, 0.4) is 0 Å². The van der Waals surface area contributed by atoms with Crippen LogP contribution in [0, 0.1) is 17.7 Å². The van der Waals surface area contributed by atoms with E-state index in [0.29, 0.717) is 33.1 Å². The molecule has 3 unspecified atom stereocenters. The fourth-order valence-electron chi connectivity index (χ4n) is 5.36. The van der Waals surface area contributed by atoms with E-state index in [1.165, 1.54) is 43.2 Å². The molecule has 1 saturated heterocycles. The third-order valence-electron chi connectivity index (χ3n) is 6.94. The number of amides is 1. The molecule has 2 saturated carbocycles. The molecule has 3 fully saturated rings. The van der Waals surface area contributed by atoms with Crippen molar-refractivity contribution in [2.45, 2.75) is 51.0 Å². The second-order valence-electron chi connectivity index (χ2n) is 8.98. The zero-order chi connectivity index (χ0) is 22.2. The Kier molecular flexibility index (Phi) is 6.23. The van der Waals surface area contributed by atoms with Crippen molar-refractivity contribution < 1.29 is 18.7 Å². The topological polar surface area (TPSA) is 53.7 Å². The van der Waals surface area contributed by atoms with Gasteiger partial charge >= 0.3 is 0 Å². The van der Waals surface area contributed by atoms with Crippen LogP contribution in [-0.2, 0) is 11.2 Å². The van der Waals surface area contributed by atoms with Gasteiger partial charge in [-0.1, -0.05) is 30.4 Å². The number of aryl methyl sites for hydroxylation is 1. The lowest BCUT2D eigenvalue weighted by Crippen LogP contribution is -2.41. The Morgan fingerprint density at radius 3 is 2.72 bits per heavy atom. The third-order valence-corrected chi connectivity index (χ3v) is 8.27. The number of hydrogen-bond donors (Lipinski definition) is 1. The Morgan fingerprint density at radius 2 is 2.03 bits per heavy atom. The number of benzene rings is 1. The smallest absolute Gasteiger partial charge is 0.266 e. The molecular formula is C25H26FNO3S2. The summed E-state index contributed by atoms with van der Waals surface area (Å²) in [7, 11) is 0. The van der Waals surface area contributed by atoms with Crippen LogP contribution < -0.4 is 0 Å². The van der Waals surface area contributed by atoms with Crippen LogP contribution in [0.25, 0.3) is 17.4 Å². The highest BCUT2D eigenvalue weighted by atomic mass is 32.2. The molecule has 32 heavy (non-hydrogen) atoms. The predicted molar refractivity (Wildman–Crippen MR) is 128 cm³/mol. The quantitative estimate of drug-likeness (QED) is 0.315. The first-order chi connectivity index (χ1) is 15.5. The number of aliphatic hydroxyl groups excluding tert-OH is 1. The molecule has 5 rings (SSSR count). The zero-order valence-corrected chi connectivity index (χ0v) is 19.4. The van der Waals surface area contributed by atoms with Crippen molar-refractivity contribution in [3.8, 4) is 11.3 Å². The maximum atomic E-state index is 13.3. The SMILES string of the molecule is O=C1C(=Cc2oc(-c3ccc(F)cc3)cc2CCCCO)SC(=S)N1C1CC2CCC1C2. The van der Waals surface area contributed by atoms with Crippen molar-refractivity contribution in [3.63, 3.8) is 0 Å². The van der Waals surface area contributed by atoms with Gasteiger partial charge in [0.1, 0.15) is 21.7 Å². The van der Waals surface area contributed by atoms with Gasteiger partial charge in [-0.15, -0.1) is 0 Å². The largest absolute Gasteiger partial charge is 0.456 e. The molecule has 3 aliphatic rings. The monoisotopic (exact) mass is 471 g/mol. The van der Waals surface area contributed by atoms with Gasteiger partial charge in [0, 0.05) is 24.3 Å². The number of nitrogens with zero attached hydrogens (tertiary/aromatic N) is 1. The molecule has 3 atom stereocenters. The van der Waals surface area contributed by atoms with Gasteiger partial charge in [-0.2, -0.15) is 0 Å². The number of halogens is 1. The van der Waals surface area contributed by atoms with Crippen LogP contribution in [0.1, 0.15) is 49.8 Å². The Bertz CT molecular complexity index is 1060. The highest BCUT2D eigenvalue weighted by Crippen LogP contribution is 2.49. The average molecular weight is 472 g/mol. The molecule has 0 radical (unpaired) electrons. The van der Waals surface area contributed by atoms with E-state index in [1.807, 2.05) is 17.0 Å².